The van der Waals surface area contributed by atoms with Crippen molar-refractivity contribution in [3.8, 4) is 11.5 Å². The predicted molar refractivity (Wildman–Crippen MR) is 79.2 cm³/mol. The maximum Gasteiger partial charge on any atom is 0.162 e. The molecule has 1 N–H and O–H groups in total. The quantitative estimate of drug-likeness (QED) is 0.887. The second-order valence-electron chi connectivity index (χ2n) is 6.17. The Hall–Kier alpha value is -1.38. The summed E-state index contributed by atoms with van der Waals surface area (Å²) in [6, 6.07) is 6.58. The van der Waals surface area contributed by atoms with Gasteiger partial charge in [0.2, 0.25) is 0 Å². The normalized spacial score (nSPS) is 21.8. The van der Waals surface area contributed by atoms with Crippen molar-refractivity contribution in [1.82, 2.24) is 0 Å². The molecule has 0 spiro atoms. The standard InChI is InChI=1S/C16H25NO2/c1-16(2)9-5-6-13(11-16)17-12-7-8-14(18-3)15(10-12)19-4/h7-8,10,13,17H,5-6,9,11H2,1-4H3. The molecule has 1 atom stereocenters. The van der Waals surface area contributed by atoms with Gasteiger partial charge < -0.3 is 14.8 Å². The Bertz CT molecular complexity index is 429. The monoisotopic (exact) mass is 263 g/mol. The zero-order valence-corrected chi connectivity index (χ0v) is 12.5. The van der Waals surface area contributed by atoms with Crippen LogP contribution in [0.25, 0.3) is 0 Å². The molecule has 0 aromatic heterocycles. The van der Waals surface area contributed by atoms with Gasteiger partial charge in [-0.3, -0.25) is 0 Å². The molecule has 0 aliphatic heterocycles. The van der Waals surface area contributed by atoms with Crippen LogP contribution in [-0.2, 0) is 0 Å². The van der Waals surface area contributed by atoms with Crippen LogP contribution in [0.1, 0.15) is 39.5 Å². The van der Waals surface area contributed by atoms with E-state index in [9.17, 15) is 0 Å². The first-order valence-electron chi connectivity index (χ1n) is 7.03. The van der Waals surface area contributed by atoms with E-state index >= 15 is 0 Å². The van der Waals surface area contributed by atoms with Crippen molar-refractivity contribution >= 4 is 5.69 Å². The highest BCUT2D eigenvalue weighted by Crippen LogP contribution is 2.37. The molecule has 1 saturated carbocycles. The van der Waals surface area contributed by atoms with Crippen LogP contribution in [-0.4, -0.2) is 20.3 Å². The number of nitrogens with one attached hydrogen (secondary N) is 1. The van der Waals surface area contributed by atoms with Gasteiger partial charge in [-0.2, -0.15) is 0 Å². The minimum absolute atomic E-state index is 0.451. The highest BCUT2D eigenvalue weighted by atomic mass is 16.5. The molecule has 3 nitrogen and oxygen atoms in total. The smallest absolute Gasteiger partial charge is 0.162 e. The Balaban J connectivity index is 2.06. The van der Waals surface area contributed by atoms with E-state index in [2.05, 4.69) is 25.2 Å². The molecule has 3 heteroatoms. The molecule has 0 bridgehead atoms. The van der Waals surface area contributed by atoms with Gasteiger partial charge in [-0.05, 0) is 36.8 Å². The van der Waals surface area contributed by atoms with Crippen LogP contribution < -0.4 is 14.8 Å². The number of ether oxygens (including phenoxy) is 2. The fourth-order valence-corrected chi connectivity index (χ4v) is 2.98. The van der Waals surface area contributed by atoms with Crippen molar-refractivity contribution in [3.05, 3.63) is 18.2 Å². The van der Waals surface area contributed by atoms with Gasteiger partial charge in [0.05, 0.1) is 14.2 Å². The lowest BCUT2D eigenvalue weighted by molar-refractivity contribution is 0.229. The average molecular weight is 263 g/mol. The summed E-state index contributed by atoms with van der Waals surface area (Å²) in [6.07, 6.45) is 5.11. The van der Waals surface area contributed by atoms with E-state index in [4.69, 9.17) is 9.47 Å². The third-order valence-corrected chi connectivity index (χ3v) is 3.96. The van der Waals surface area contributed by atoms with Crippen LogP contribution in [0.5, 0.6) is 11.5 Å². The fraction of sp³-hybridized carbons (Fsp3) is 0.625. The van der Waals surface area contributed by atoms with Crippen LogP contribution in [0, 0.1) is 5.41 Å². The Morgan fingerprint density at radius 1 is 1.16 bits per heavy atom. The molecular formula is C16H25NO2. The summed E-state index contributed by atoms with van der Waals surface area (Å²) >= 11 is 0. The van der Waals surface area contributed by atoms with Crippen LogP contribution >= 0.6 is 0 Å². The highest BCUT2D eigenvalue weighted by molar-refractivity contribution is 5.55. The molecule has 1 fully saturated rings. The van der Waals surface area contributed by atoms with Crippen molar-refractivity contribution < 1.29 is 9.47 Å². The molecule has 19 heavy (non-hydrogen) atoms. The minimum atomic E-state index is 0.451. The van der Waals surface area contributed by atoms with Gasteiger partial charge in [0.1, 0.15) is 0 Å². The summed E-state index contributed by atoms with van der Waals surface area (Å²) in [6.45, 7) is 4.71. The molecular weight excluding hydrogens is 238 g/mol. The number of hydrogen-bond acceptors (Lipinski definition) is 3. The summed E-state index contributed by atoms with van der Waals surface area (Å²) in [5, 5.41) is 3.63. The molecule has 1 aromatic carbocycles. The minimum Gasteiger partial charge on any atom is -0.493 e. The van der Waals surface area contributed by atoms with Crippen LogP contribution in [0.4, 0.5) is 5.69 Å². The van der Waals surface area contributed by atoms with Crippen molar-refractivity contribution in [2.24, 2.45) is 5.41 Å². The largest absolute Gasteiger partial charge is 0.493 e. The summed E-state index contributed by atoms with van der Waals surface area (Å²) < 4.78 is 10.6. The van der Waals surface area contributed by atoms with Crippen LogP contribution in [0.3, 0.4) is 0 Å². The first kappa shape index (κ1) is 14.0. The third kappa shape index (κ3) is 3.55. The molecule has 1 aromatic rings. The van der Waals surface area contributed by atoms with Crippen molar-refractivity contribution in [3.63, 3.8) is 0 Å². The average Bonchev–Trinajstić information content (AvgIpc) is 2.37. The van der Waals surface area contributed by atoms with E-state index in [1.807, 2.05) is 12.1 Å². The third-order valence-electron chi connectivity index (χ3n) is 3.96. The Labute approximate surface area is 116 Å². The van der Waals surface area contributed by atoms with Crippen LogP contribution in [0.15, 0.2) is 18.2 Å². The SMILES string of the molecule is COc1ccc(NC2CCCC(C)(C)C2)cc1OC. The van der Waals surface area contributed by atoms with Crippen molar-refractivity contribution in [2.75, 3.05) is 19.5 Å². The van der Waals surface area contributed by atoms with Gasteiger partial charge in [-0.1, -0.05) is 20.3 Å². The maximum atomic E-state index is 5.34. The van der Waals surface area contributed by atoms with E-state index in [1.54, 1.807) is 14.2 Å². The molecule has 1 aliphatic carbocycles. The summed E-state index contributed by atoms with van der Waals surface area (Å²) in [4.78, 5) is 0. The van der Waals surface area contributed by atoms with Gasteiger partial charge in [-0.15, -0.1) is 0 Å². The zero-order valence-electron chi connectivity index (χ0n) is 12.5. The van der Waals surface area contributed by atoms with E-state index in [0.717, 1.165) is 17.2 Å². The molecule has 0 saturated heterocycles. The van der Waals surface area contributed by atoms with Gasteiger partial charge >= 0.3 is 0 Å². The maximum absolute atomic E-state index is 5.34. The van der Waals surface area contributed by atoms with Gasteiger partial charge in [-0.25, -0.2) is 0 Å². The first-order chi connectivity index (χ1) is 9.04. The van der Waals surface area contributed by atoms with Crippen molar-refractivity contribution in [2.45, 2.75) is 45.6 Å². The molecule has 0 heterocycles. The lowest BCUT2D eigenvalue weighted by Crippen LogP contribution is -2.31. The first-order valence-corrected chi connectivity index (χ1v) is 7.03. The van der Waals surface area contributed by atoms with E-state index in [1.165, 1.54) is 25.7 Å². The lowest BCUT2D eigenvalue weighted by Gasteiger charge is -2.36. The lowest BCUT2D eigenvalue weighted by atomic mass is 9.75. The van der Waals surface area contributed by atoms with E-state index in [0.29, 0.717) is 11.5 Å². The Morgan fingerprint density at radius 2 is 1.89 bits per heavy atom. The second-order valence-corrected chi connectivity index (χ2v) is 6.17. The van der Waals surface area contributed by atoms with Gasteiger partial charge in [0.25, 0.3) is 0 Å². The number of methoxy groups -OCH3 is 2. The molecule has 2 rings (SSSR count). The topological polar surface area (TPSA) is 30.5 Å². The summed E-state index contributed by atoms with van der Waals surface area (Å²) in [5.41, 5.74) is 1.56. The number of benzene rings is 1. The fourth-order valence-electron chi connectivity index (χ4n) is 2.98. The number of rotatable bonds is 4. The number of hydrogen-bond donors (Lipinski definition) is 1. The highest BCUT2D eigenvalue weighted by Gasteiger charge is 2.27. The number of anilines is 1. The summed E-state index contributed by atoms with van der Waals surface area (Å²) in [7, 11) is 3.33. The summed E-state index contributed by atoms with van der Waals surface area (Å²) in [5.74, 6) is 1.56. The molecule has 1 aliphatic rings. The van der Waals surface area contributed by atoms with Gasteiger partial charge in [0.15, 0.2) is 11.5 Å². The van der Waals surface area contributed by atoms with Gasteiger partial charge in [0, 0.05) is 17.8 Å². The molecule has 1 unspecified atom stereocenters. The van der Waals surface area contributed by atoms with E-state index in [-0.39, 0.29) is 0 Å². The Kier molecular flexibility index (Phi) is 4.23. The second kappa shape index (κ2) is 5.72. The Morgan fingerprint density at radius 3 is 2.53 bits per heavy atom. The molecule has 0 radical (unpaired) electrons. The molecule has 106 valence electrons. The van der Waals surface area contributed by atoms with E-state index < -0.39 is 0 Å². The predicted octanol–water partition coefficient (Wildman–Crippen LogP) is 4.08. The van der Waals surface area contributed by atoms with Crippen LogP contribution in [0.2, 0.25) is 0 Å². The van der Waals surface area contributed by atoms with Crippen molar-refractivity contribution in [1.29, 1.82) is 0 Å². The molecule has 0 amide bonds. The zero-order chi connectivity index (χ0) is 13.9.